The monoisotopic (exact) mass is 2280 g/mol. The first-order valence-electron chi connectivity index (χ1n) is 45.6. The third-order valence-corrected chi connectivity index (χ3v) is 28.5. The number of pyridine rings is 3. The molecule has 0 bridgehead atoms. The van der Waals surface area contributed by atoms with Gasteiger partial charge in [0.15, 0.2) is 52.2 Å². The van der Waals surface area contributed by atoms with Gasteiger partial charge < -0.3 is 74.6 Å². The Morgan fingerprint density at radius 2 is 0.796 bits per heavy atom. The van der Waals surface area contributed by atoms with Crippen LogP contribution in [0.15, 0.2) is 121 Å². The number of Topliss-reactive ketones (excluding diaryl/α,β-unsaturated/α-hetero) is 4. The van der Waals surface area contributed by atoms with E-state index in [1.165, 1.54) is 31.9 Å². The lowest BCUT2D eigenvalue weighted by molar-refractivity contribution is -0.169. The highest BCUT2D eigenvalue weighted by molar-refractivity contribution is 14.1. The van der Waals surface area contributed by atoms with E-state index in [2.05, 4.69) is 207 Å². The van der Waals surface area contributed by atoms with Gasteiger partial charge in [0.25, 0.3) is 17.7 Å². The lowest BCUT2D eigenvalue weighted by Crippen LogP contribution is -2.45. The van der Waals surface area contributed by atoms with Crippen LogP contribution in [-0.2, 0) is 60.4 Å². The van der Waals surface area contributed by atoms with Crippen molar-refractivity contribution in [3.05, 3.63) is 213 Å². The number of benzene rings is 7. The van der Waals surface area contributed by atoms with Crippen LogP contribution in [0.25, 0.3) is 67.1 Å². The molecule has 5 fully saturated rings. The second kappa shape index (κ2) is 45.5. The second-order valence-electron chi connectivity index (χ2n) is 35.1. The van der Waals surface area contributed by atoms with Crippen molar-refractivity contribution >= 4 is 198 Å². The molecule has 13 aromatic rings. The Balaban J connectivity index is 0.000000148. The molecule has 0 amide bonds. The number of hydrogen-bond acceptors (Lipinski definition) is 29. The molecule has 720 valence electrons. The number of anilines is 6. The van der Waals surface area contributed by atoms with Gasteiger partial charge in [-0.15, -0.1) is 0 Å². The number of nitriles is 1. The maximum absolute atomic E-state index is 11.5. The normalized spacial score (nSPS) is 15.3. The van der Waals surface area contributed by atoms with Gasteiger partial charge >= 0.3 is 7.12 Å². The van der Waals surface area contributed by atoms with Crippen molar-refractivity contribution in [3.63, 3.8) is 0 Å². The number of fused-ring (bicyclic) bond motifs is 3. The molecule has 11 heterocycles. The van der Waals surface area contributed by atoms with Crippen molar-refractivity contribution in [2.75, 3.05) is 85.3 Å². The third kappa shape index (κ3) is 24.5. The number of piperidine rings is 2. The average Bonchev–Trinajstić information content (AvgIpc) is 1.74. The van der Waals surface area contributed by atoms with Crippen LogP contribution in [0.2, 0.25) is 5.15 Å². The zero-order valence-corrected chi connectivity index (χ0v) is 89.6. The zero-order chi connectivity index (χ0) is 99.6. The van der Waals surface area contributed by atoms with E-state index < -0.39 is 29.9 Å². The summed E-state index contributed by atoms with van der Waals surface area (Å²) in [6.45, 7) is 41.9. The molecule has 18 rings (SSSR count). The number of nitrogens with two attached hydrogens (primary N) is 4. The van der Waals surface area contributed by atoms with Gasteiger partial charge in [0.1, 0.15) is 22.9 Å². The van der Waals surface area contributed by atoms with Gasteiger partial charge in [-0.05, 0) is 338 Å². The summed E-state index contributed by atoms with van der Waals surface area (Å²) in [6, 6.07) is 35.2. The molecule has 0 radical (unpaired) electrons. The highest BCUT2D eigenvalue weighted by atomic mass is 127. The third-order valence-electron chi connectivity index (χ3n) is 25.2. The summed E-state index contributed by atoms with van der Waals surface area (Å²) in [6.07, 6.45) is 7.81. The van der Waals surface area contributed by atoms with Gasteiger partial charge in [-0.3, -0.25) is 19.2 Å². The van der Waals surface area contributed by atoms with E-state index in [-0.39, 0.29) is 23.1 Å². The molecule has 5 saturated heterocycles. The number of rotatable bonds is 15. The fraction of sp³-hybridized carbons (Fsp3) is 0.392. The number of halogens is 5. The van der Waals surface area contributed by atoms with Crippen LogP contribution in [0, 0.1) is 63.6 Å². The maximum atomic E-state index is 11.5. The van der Waals surface area contributed by atoms with Gasteiger partial charge in [-0.25, -0.2) is 15.0 Å². The minimum Gasteiger partial charge on any atom is -0.399 e. The summed E-state index contributed by atoms with van der Waals surface area (Å²) in [7, 11) is -0.469. The molecule has 0 unspecified atom stereocenters. The Hall–Kier alpha value is -10.1. The Morgan fingerprint density at radius 1 is 0.445 bits per heavy atom. The number of aryl methyl sites for hydroxylation is 11. The number of ether oxygens (including phenoxy) is 4. The molecular weight excluding hydrogens is 2160 g/mol. The number of hydrogen-bond donors (Lipinski definition) is 4. The first kappa shape index (κ1) is 106. The van der Waals surface area contributed by atoms with Crippen LogP contribution in [-0.4, -0.2) is 151 Å². The van der Waals surface area contributed by atoms with E-state index >= 15 is 0 Å². The SMILES string of the molecule is CC(=O)c1cc(B2OC(C)(C)C(C)(C)O2)ccc1N.CC(=O)c1cc(Br)ccc1N.CCc1cc(C#N)c2nc(N3CCC4(CC3)OCCO4)c(-c3nc(C)no3)c(C)c2c1.CCc1cc(I)c(N)c(C(C)=O)c1.CCc1cc(I)c2nc(Cl)c(-c3nc(C)no3)c(C)c2c1.CCc1cc(I)c2nc(N3CCC4(CC3)OCCO4)c(-c3nc(C)no3)c(C)c2c1.CCc1ccc(N)c(C(C)=O)c1. The summed E-state index contributed by atoms with van der Waals surface area (Å²) in [4.78, 5) is 77.2. The summed E-state index contributed by atoms with van der Waals surface area (Å²) >= 11 is 16.5. The number of nitrogen functional groups attached to an aromatic ring is 4. The van der Waals surface area contributed by atoms with Crippen molar-refractivity contribution < 1.29 is 61.0 Å². The molecule has 2 spiro atoms. The molecule has 29 nitrogen and oxygen atoms in total. The molecule has 35 heteroatoms. The topological polar surface area (TPSA) is 413 Å². The van der Waals surface area contributed by atoms with Crippen molar-refractivity contribution in [2.24, 2.45) is 0 Å². The van der Waals surface area contributed by atoms with Gasteiger partial charge in [0, 0.05) is 123 Å². The van der Waals surface area contributed by atoms with Crippen LogP contribution in [0.3, 0.4) is 0 Å². The largest absolute Gasteiger partial charge is 0.494 e. The Bertz CT molecular complexity index is 6710. The molecule has 0 saturated carbocycles. The van der Waals surface area contributed by atoms with Crippen molar-refractivity contribution in [1.82, 2.24) is 45.4 Å². The standard InChI is InChI=1S/C23H25N5O3.C22H25IN4O3.C15H13ClIN3O.C14H20BNO3.C10H12INO.C10H13NO.C8H8BrNO/c1-4-16-11-17(13-24)20-18(12-16)14(2)19(22-25-15(3)27-31-22)21(26-20)28-7-5-23(6-8-28)29-9-10-30-23;1-4-15-11-16-13(2)18(21-24-14(3)26-30-21)20(25-19(16)17(23)12-15)27-7-5-22(6-8-27)28-9-10-29-22;1-4-9-5-10-7(2)12(15-18-8(3)20-21-15)14(16)19-13(10)11(17)6-9;1-9(17)11-8-10(6-7-12(11)16)15-18-13(2,3)14(4,5)19-15;1-3-7-4-8(6(2)13)10(12)9(11)5-7;1-3-8-4-5-10(11)9(6-8)7(2)12;1-5(11)7-4-6(9)2-3-8(7)10/h11-12H,4-10H2,1-3H3;11-12H,4-10H2,1-3H3;5-6H,4H2,1-3H3;6-8H,16H2,1-5H3;4-5H,3,12H2,1-2H3;4-6H,3,11H2,1-2H3;2-4H,10H2,1H3. The number of aromatic nitrogens is 9. The van der Waals surface area contributed by atoms with Gasteiger partial charge in [0.2, 0.25) is 0 Å². The summed E-state index contributed by atoms with van der Waals surface area (Å²) < 4.78 is 56.0. The fourth-order valence-electron chi connectivity index (χ4n) is 16.5. The highest BCUT2D eigenvalue weighted by Gasteiger charge is 2.52. The van der Waals surface area contributed by atoms with E-state index in [0.717, 1.165) is 188 Å². The van der Waals surface area contributed by atoms with E-state index in [9.17, 15) is 24.4 Å². The van der Waals surface area contributed by atoms with Gasteiger partial charge in [0.05, 0.1) is 82.1 Å². The summed E-state index contributed by atoms with van der Waals surface area (Å²) in [5, 5.41) is 25.2. The molecule has 7 aromatic carbocycles. The molecule has 8 N–H and O–H groups in total. The highest BCUT2D eigenvalue weighted by Crippen LogP contribution is 2.45. The lowest BCUT2D eigenvalue weighted by Gasteiger charge is -2.38. The Kier molecular flexibility index (Phi) is 35.1. The number of ketones is 4. The summed E-state index contributed by atoms with van der Waals surface area (Å²) in [5.74, 6) is 3.94. The Labute approximate surface area is 853 Å². The second-order valence-corrected chi connectivity index (χ2v) is 39.9. The van der Waals surface area contributed by atoms with Gasteiger partial charge in [-0.1, -0.05) is 89.8 Å². The van der Waals surface area contributed by atoms with Crippen LogP contribution in [0.5, 0.6) is 0 Å². The molecule has 5 aliphatic rings. The van der Waals surface area contributed by atoms with Crippen LogP contribution in [0.4, 0.5) is 34.4 Å². The maximum Gasteiger partial charge on any atom is 0.494 e. The van der Waals surface area contributed by atoms with E-state index in [4.69, 9.17) is 86.3 Å². The van der Waals surface area contributed by atoms with Crippen LogP contribution < -0.4 is 38.2 Å². The van der Waals surface area contributed by atoms with E-state index in [1.54, 1.807) is 51.1 Å². The average molecular weight is 2280 g/mol. The van der Waals surface area contributed by atoms with Crippen molar-refractivity contribution in [1.29, 1.82) is 5.26 Å². The van der Waals surface area contributed by atoms with E-state index in [0.29, 0.717) is 128 Å². The smallest absolute Gasteiger partial charge is 0.399 e. The Morgan fingerprint density at radius 3 is 1.20 bits per heavy atom. The molecule has 0 atom stereocenters. The minimum atomic E-state index is -0.475. The lowest BCUT2D eigenvalue weighted by atomic mass is 9.78. The van der Waals surface area contributed by atoms with Crippen LogP contribution >= 0.6 is 95.3 Å². The fourth-order valence-corrected chi connectivity index (χ4v) is 19.5. The van der Waals surface area contributed by atoms with Crippen molar-refractivity contribution in [2.45, 2.75) is 212 Å². The molecule has 0 aliphatic carbocycles. The zero-order valence-electron chi connectivity index (χ0n) is 80.8. The number of carbonyl (C=O) groups excluding carboxylic acids is 4. The van der Waals surface area contributed by atoms with Gasteiger partial charge in [-0.2, -0.15) is 20.2 Å². The number of nitrogens with zero attached hydrogens (tertiary/aromatic N) is 12. The van der Waals surface area contributed by atoms with E-state index in [1.807, 2.05) is 90.9 Å². The first-order valence-corrected chi connectivity index (χ1v) is 50.0. The summed E-state index contributed by atoms with van der Waals surface area (Å²) in [5.41, 5.74) is 42.1. The first-order chi connectivity index (χ1) is 65.0. The molecule has 6 aromatic heterocycles. The predicted octanol–water partition coefficient (Wildman–Crippen LogP) is 21.5. The minimum absolute atomic E-state index is 0.0104. The molecular formula is C102H116BBrClI3N16O13. The number of carbonyl (C=O) groups is 4. The van der Waals surface area contributed by atoms with Crippen LogP contribution in [0.1, 0.15) is 225 Å². The predicted molar refractivity (Wildman–Crippen MR) is 567 cm³/mol. The van der Waals surface area contributed by atoms with Crippen molar-refractivity contribution in [3.8, 4) is 40.4 Å². The molecule has 5 aliphatic heterocycles. The quantitative estimate of drug-likeness (QED) is 0.0243. The molecule has 137 heavy (non-hydrogen) atoms.